The number of nitrogens with zero attached hydrogens (tertiary/aromatic N) is 1. The van der Waals surface area contributed by atoms with Crippen molar-refractivity contribution in [1.29, 1.82) is 0 Å². The molecule has 0 aliphatic carbocycles. The average Bonchev–Trinajstić information content (AvgIpc) is 2.70. The van der Waals surface area contributed by atoms with Gasteiger partial charge in [-0.1, -0.05) is 30.3 Å². The van der Waals surface area contributed by atoms with Gasteiger partial charge in [0.1, 0.15) is 17.4 Å². The molecule has 1 amide bonds. The molecule has 2 aromatic rings. The summed E-state index contributed by atoms with van der Waals surface area (Å²) in [6.45, 7) is 1.46. The van der Waals surface area contributed by atoms with Crippen molar-refractivity contribution in [2.24, 2.45) is 0 Å². The van der Waals surface area contributed by atoms with Crippen molar-refractivity contribution in [3.63, 3.8) is 0 Å². The zero-order valence-corrected chi connectivity index (χ0v) is 15.7. The average molecular weight is 383 g/mol. The molecule has 1 atom stereocenters. The molecule has 1 N–H and O–H groups in total. The largest absolute Gasteiger partial charge is 0.507 e. The Morgan fingerprint density at radius 1 is 1.14 bits per heavy atom. The van der Waals surface area contributed by atoms with Gasteiger partial charge >= 0.3 is 11.9 Å². The monoisotopic (exact) mass is 383 g/mol. The first-order valence-corrected chi connectivity index (χ1v) is 8.81. The Morgan fingerprint density at radius 3 is 2.54 bits per heavy atom. The molecule has 0 unspecified atom stereocenters. The summed E-state index contributed by atoms with van der Waals surface area (Å²) in [5.74, 6) is -2.05. The van der Waals surface area contributed by atoms with Crippen molar-refractivity contribution < 1.29 is 29.0 Å². The number of aromatic hydroxyl groups is 1. The van der Waals surface area contributed by atoms with Crippen LogP contribution in [0.4, 0.5) is 0 Å². The number of hydrogen-bond acceptors (Lipinski definition) is 6. The summed E-state index contributed by atoms with van der Waals surface area (Å²) in [6, 6.07) is 11.3. The van der Waals surface area contributed by atoms with Gasteiger partial charge in [0.2, 0.25) is 0 Å². The Hall–Kier alpha value is -3.35. The van der Waals surface area contributed by atoms with E-state index in [1.807, 2.05) is 24.3 Å². The lowest BCUT2D eigenvalue weighted by Gasteiger charge is -2.35. The number of benzene rings is 2. The lowest BCUT2D eigenvalue weighted by molar-refractivity contribution is -0.155. The summed E-state index contributed by atoms with van der Waals surface area (Å²) in [4.78, 5) is 38.4. The Bertz CT molecular complexity index is 923. The van der Waals surface area contributed by atoms with E-state index in [2.05, 4.69) is 0 Å². The molecule has 7 heteroatoms. The van der Waals surface area contributed by atoms with E-state index in [-0.39, 0.29) is 17.9 Å². The van der Waals surface area contributed by atoms with E-state index < -0.39 is 30.5 Å². The van der Waals surface area contributed by atoms with Crippen molar-refractivity contribution >= 4 is 17.8 Å². The van der Waals surface area contributed by atoms with E-state index in [9.17, 15) is 19.5 Å². The van der Waals surface area contributed by atoms with Crippen molar-refractivity contribution in [2.75, 3.05) is 13.7 Å². The highest BCUT2D eigenvalue weighted by Gasteiger charge is 2.35. The van der Waals surface area contributed by atoms with Gasteiger partial charge < -0.3 is 19.5 Å². The van der Waals surface area contributed by atoms with Crippen molar-refractivity contribution in [1.82, 2.24) is 4.90 Å². The van der Waals surface area contributed by atoms with Gasteiger partial charge in [0.25, 0.3) is 5.91 Å². The van der Waals surface area contributed by atoms with E-state index >= 15 is 0 Å². The minimum atomic E-state index is -0.808. The van der Waals surface area contributed by atoms with Crippen LogP contribution in [0.25, 0.3) is 0 Å². The van der Waals surface area contributed by atoms with Gasteiger partial charge in [-0.05, 0) is 35.7 Å². The highest BCUT2D eigenvalue weighted by molar-refractivity contribution is 5.94. The first-order valence-electron chi connectivity index (χ1n) is 8.81. The molecule has 28 heavy (non-hydrogen) atoms. The van der Waals surface area contributed by atoms with Crippen LogP contribution >= 0.6 is 0 Å². The highest BCUT2D eigenvalue weighted by Crippen LogP contribution is 2.24. The van der Waals surface area contributed by atoms with E-state index in [1.54, 1.807) is 13.0 Å². The molecule has 1 heterocycles. The second-order valence-electron chi connectivity index (χ2n) is 6.63. The molecular weight excluding hydrogens is 362 g/mol. The number of hydrogen-bond donors (Lipinski definition) is 1. The van der Waals surface area contributed by atoms with Gasteiger partial charge in [0, 0.05) is 13.0 Å². The molecule has 0 radical (unpaired) electrons. The number of esters is 2. The Morgan fingerprint density at radius 2 is 1.86 bits per heavy atom. The third-order valence-corrected chi connectivity index (χ3v) is 4.74. The fourth-order valence-electron chi connectivity index (χ4n) is 3.23. The van der Waals surface area contributed by atoms with Crippen molar-refractivity contribution in [3.8, 4) is 5.75 Å². The number of methoxy groups -OCH3 is 1. The smallest absolute Gasteiger partial charge is 0.342 e. The number of phenols is 1. The fraction of sp³-hybridized carbons (Fsp3) is 0.286. The van der Waals surface area contributed by atoms with E-state index in [0.717, 1.165) is 16.7 Å². The summed E-state index contributed by atoms with van der Waals surface area (Å²) in [5.41, 5.74) is 2.67. The zero-order valence-electron chi connectivity index (χ0n) is 15.7. The third kappa shape index (κ3) is 3.98. The summed E-state index contributed by atoms with van der Waals surface area (Å²) < 4.78 is 9.90. The number of phenolic OH excluding ortho intramolecular Hbond substituents is 1. The molecule has 7 nitrogen and oxygen atoms in total. The van der Waals surface area contributed by atoms with Crippen LogP contribution in [-0.4, -0.2) is 47.6 Å². The molecule has 0 saturated heterocycles. The van der Waals surface area contributed by atoms with Crippen LogP contribution in [0.5, 0.6) is 5.75 Å². The molecule has 3 rings (SSSR count). The first kappa shape index (κ1) is 19.4. The maximum atomic E-state index is 12.7. The predicted molar refractivity (Wildman–Crippen MR) is 99.6 cm³/mol. The minimum absolute atomic E-state index is 0.0214. The topological polar surface area (TPSA) is 93.1 Å². The van der Waals surface area contributed by atoms with Crippen molar-refractivity contribution in [2.45, 2.75) is 25.9 Å². The number of ether oxygens (including phenoxy) is 2. The van der Waals surface area contributed by atoms with Crippen LogP contribution in [0, 0.1) is 6.92 Å². The van der Waals surface area contributed by atoms with E-state index in [0.29, 0.717) is 6.42 Å². The van der Waals surface area contributed by atoms with Gasteiger partial charge in [-0.15, -0.1) is 0 Å². The van der Waals surface area contributed by atoms with Gasteiger partial charge in [0.15, 0.2) is 6.61 Å². The standard InChI is InChI=1S/C21H21NO6/c1-13-7-8-16(18(23)9-13)20(25)28-12-19(24)22-11-15-6-4-3-5-14(15)10-17(22)21(26)27-2/h3-9,17,23H,10-12H2,1-2H3/t17-/m0/s1. The highest BCUT2D eigenvalue weighted by atomic mass is 16.5. The van der Waals surface area contributed by atoms with Crippen LogP contribution in [0.1, 0.15) is 27.0 Å². The zero-order chi connectivity index (χ0) is 20.3. The number of fused-ring (bicyclic) bond motifs is 1. The molecule has 1 aliphatic rings. The van der Waals surface area contributed by atoms with Crippen molar-refractivity contribution in [3.05, 3.63) is 64.7 Å². The Balaban J connectivity index is 1.72. The number of rotatable bonds is 4. The maximum absolute atomic E-state index is 12.7. The van der Waals surface area contributed by atoms with Crippen LogP contribution in [0.15, 0.2) is 42.5 Å². The Kier molecular flexibility index (Phi) is 5.63. The molecule has 2 aromatic carbocycles. The van der Waals surface area contributed by atoms with Crippen LogP contribution in [0.3, 0.4) is 0 Å². The van der Waals surface area contributed by atoms with E-state index in [4.69, 9.17) is 9.47 Å². The molecule has 0 fully saturated rings. The minimum Gasteiger partial charge on any atom is -0.507 e. The molecule has 0 bridgehead atoms. The maximum Gasteiger partial charge on any atom is 0.342 e. The molecular formula is C21H21NO6. The first-order chi connectivity index (χ1) is 13.4. The van der Waals surface area contributed by atoms with Gasteiger partial charge in [-0.25, -0.2) is 9.59 Å². The molecule has 1 aliphatic heterocycles. The quantitative estimate of drug-likeness (QED) is 0.812. The second kappa shape index (κ2) is 8.12. The summed E-state index contributed by atoms with van der Waals surface area (Å²) in [7, 11) is 1.27. The van der Waals surface area contributed by atoms with Crippen LogP contribution in [0.2, 0.25) is 0 Å². The lowest BCUT2D eigenvalue weighted by atomic mass is 9.94. The number of carbonyl (C=O) groups is 3. The van der Waals surface area contributed by atoms with E-state index in [1.165, 1.54) is 24.1 Å². The predicted octanol–water partition coefficient (Wildman–Crippen LogP) is 1.98. The molecule has 146 valence electrons. The van der Waals surface area contributed by atoms with Crippen LogP contribution < -0.4 is 0 Å². The van der Waals surface area contributed by atoms with Gasteiger partial charge in [-0.2, -0.15) is 0 Å². The summed E-state index contributed by atoms with van der Waals surface area (Å²) in [6.07, 6.45) is 0.335. The summed E-state index contributed by atoms with van der Waals surface area (Å²) in [5, 5.41) is 9.87. The molecule has 0 aromatic heterocycles. The molecule has 0 saturated carbocycles. The summed E-state index contributed by atoms with van der Waals surface area (Å²) >= 11 is 0. The SMILES string of the molecule is COC(=O)[C@@H]1Cc2ccccc2CN1C(=O)COC(=O)c1ccc(C)cc1O. The third-order valence-electron chi connectivity index (χ3n) is 4.74. The fourth-order valence-corrected chi connectivity index (χ4v) is 3.23. The Labute approximate surface area is 162 Å². The lowest BCUT2D eigenvalue weighted by Crippen LogP contribution is -2.50. The number of amides is 1. The van der Waals surface area contributed by atoms with Gasteiger partial charge in [0.05, 0.1) is 7.11 Å². The van der Waals surface area contributed by atoms with Crippen LogP contribution in [-0.2, 0) is 32.0 Å². The second-order valence-corrected chi connectivity index (χ2v) is 6.63. The number of carbonyl (C=O) groups excluding carboxylic acids is 3. The molecule has 0 spiro atoms. The normalized spacial score (nSPS) is 15.5. The number of aryl methyl sites for hydroxylation is 1. The van der Waals surface area contributed by atoms with Gasteiger partial charge in [-0.3, -0.25) is 4.79 Å².